The minimum absolute atomic E-state index is 0.144. The van der Waals surface area contributed by atoms with E-state index in [2.05, 4.69) is 14.5 Å². The molecule has 0 bridgehead atoms. The van der Waals surface area contributed by atoms with Crippen LogP contribution >= 0.6 is 0 Å². The maximum Gasteiger partial charge on any atom is 0.387 e. The Kier molecular flexibility index (Phi) is 4.90. The van der Waals surface area contributed by atoms with Crippen LogP contribution in [0, 0.1) is 11.7 Å². The minimum Gasteiger partial charge on any atom is -0.434 e. The number of aromatic nitrogens is 4. The Labute approximate surface area is 199 Å². The normalized spacial score (nSPS) is 21.2. The molecule has 0 spiro atoms. The van der Waals surface area contributed by atoms with Gasteiger partial charge in [-0.05, 0) is 44.7 Å². The van der Waals surface area contributed by atoms with Crippen molar-refractivity contribution in [2.24, 2.45) is 5.92 Å². The Morgan fingerprint density at radius 2 is 1.86 bits per heavy atom. The molecule has 0 radical (unpaired) electrons. The van der Waals surface area contributed by atoms with Gasteiger partial charge in [0.2, 0.25) is 0 Å². The molecule has 35 heavy (non-hydrogen) atoms. The Balaban J connectivity index is 1.50. The smallest absolute Gasteiger partial charge is 0.387 e. The summed E-state index contributed by atoms with van der Waals surface area (Å²) in [7, 11) is 0. The first kappa shape index (κ1) is 22.0. The first-order valence-electron chi connectivity index (χ1n) is 11.5. The topological polar surface area (TPSA) is 73.1 Å². The third kappa shape index (κ3) is 3.48. The van der Waals surface area contributed by atoms with E-state index < -0.39 is 18.0 Å². The number of para-hydroxylation sites is 1. The summed E-state index contributed by atoms with van der Waals surface area (Å²) in [6, 6.07) is 9.72. The first-order chi connectivity index (χ1) is 16.7. The summed E-state index contributed by atoms with van der Waals surface area (Å²) in [6.45, 7) is 0.226. The molecule has 2 aromatic carbocycles. The van der Waals surface area contributed by atoms with Gasteiger partial charge in [0.25, 0.3) is 0 Å². The van der Waals surface area contributed by atoms with Gasteiger partial charge in [-0.2, -0.15) is 8.78 Å². The van der Waals surface area contributed by atoms with Crippen LogP contribution in [0.3, 0.4) is 0 Å². The lowest BCUT2D eigenvalue weighted by molar-refractivity contribution is -0.0509. The highest BCUT2D eigenvalue weighted by atomic mass is 19.3. The molecule has 4 aromatic rings. The molecule has 2 aliphatic rings. The zero-order valence-corrected chi connectivity index (χ0v) is 19.1. The van der Waals surface area contributed by atoms with Gasteiger partial charge < -0.3 is 14.4 Å². The Morgan fingerprint density at radius 1 is 1.11 bits per heavy atom. The van der Waals surface area contributed by atoms with Crippen LogP contribution in [0.15, 0.2) is 48.8 Å². The number of hydrogen-bond donors (Lipinski definition) is 1. The number of ether oxygens (including phenoxy) is 1. The van der Waals surface area contributed by atoms with Crippen molar-refractivity contribution < 1.29 is 23.0 Å². The third-order valence-electron chi connectivity index (χ3n) is 7.11. The number of nitrogens with zero attached hydrogens (tertiary/aromatic N) is 4. The molecule has 1 fully saturated rings. The van der Waals surface area contributed by atoms with E-state index in [-0.39, 0.29) is 29.5 Å². The third-order valence-corrected chi connectivity index (χ3v) is 7.11. The van der Waals surface area contributed by atoms with Crippen molar-refractivity contribution in [3.8, 4) is 16.9 Å². The van der Waals surface area contributed by atoms with Gasteiger partial charge in [0.05, 0.1) is 17.1 Å². The van der Waals surface area contributed by atoms with Crippen LogP contribution in [0.2, 0.25) is 0 Å². The van der Waals surface area contributed by atoms with Crippen molar-refractivity contribution >= 4 is 11.0 Å². The van der Waals surface area contributed by atoms with E-state index in [1.54, 1.807) is 32.0 Å². The zero-order valence-electron chi connectivity index (χ0n) is 19.1. The van der Waals surface area contributed by atoms with Gasteiger partial charge in [0.1, 0.15) is 23.0 Å². The van der Waals surface area contributed by atoms with Crippen LogP contribution in [0.5, 0.6) is 5.75 Å². The molecule has 1 N–H and O–H groups in total. The van der Waals surface area contributed by atoms with Crippen molar-refractivity contribution in [1.82, 2.24) is 19.5 Å². The largest absolute Gasteiger partial charge is 0.434 e. The highest BCUT2D eigenvalue weighted by Crippen LogP contribution is 2.58. The number of alkyl halides is 2. The van der Waals surface area contributed by atoms with Gasteiger partial charge in [0, 0.05) is 41.1 Å². The maximum absolute atomic E-state index is 15.2. The van der Waals surface area contributed by atoms with Crippen LogP contribution in [-0.4, -0.2) is 31.2 Å². The summed E-state index contributed by atoms with van der Waals surface area (Å²) in [4.78, 5) is 13.2. The van der Waals surface area contributed by atoms with Crippen molar-refractivity contribution in [3.63, 3.8) is 0 Å². The molecular formula is C26H23F3N4O2. The number of halogens is 3. The molecular weight excluding hydrogens is 457 g/mol. The second-order valence-electron chi connectivity index (χ2n) is 9.72. The number of imidazole rings is 1. The number of aliphatic hydroxyl groups is 1. The average molecular weight is 480 g/mol. The lowest BCUT2D eigenvalue weighted by atomic mass is 9.70. The molecule has 180 valence electrons. The predicted octanol–water partition coefficient (Wildman–Crippen LogP) is 5.56. The van der Waals surface area contributed by atoms with E-state index in [4.69, 9.17) is 9.72 Å². The van der Waals surface area contributed by atoms with E-state index in [9.17, 15) is 13.9 Å². The molecule has 6 nitrogen and oxygen atoms in total. The molecule has 3 atom stereocenters. The summed E-state index contributed by atoms with van der Waals surface area (Å²) in [5, 5.41) is 10.1. The van der Waals surface area contributed by atoms with Crippen LogP contribution < -0.4 is 4.74 Å². The molecule has 3 heterocycles. The molecule has 0 unspecified atom stereocenters. The highest BCUT2D eigenvalue weighted by Gasteiger charge is 2.49. The quantitative estimate of drug-likeness (QED) is 0.405. The predicted molar refractivity (Wildman–Crippen MR) is 123 cm³/mol. The van der Waals surface area contributed by atoms with Gasteiger partial charge in [-0.1, -0.05) is 18.2 Å². The Hall–Kier alpha value is -3.46. The summed E-state index contributed by atoms with van der Waals surface area (Å²) in [6.07, 6.45) is 4.87. The fourth-order valence-corrected chi connectivity index (χ4v) is 5.41. The Morgan fingerprint density at radius 3 is 2.51 bits per heavy atom. The van der Waals surface area contributed by atoms with Crippen molar-refractivity contribution in [3.05, 3.63) is 71.8 Å². The van der Waals surface area contributed by atoms with Gasteiger partial charge in [-0.3, -0.25) is 0 Å². The summed E-state index contributed by atoms with van der Waals surface area (Å²) in [5.41, 5.74) is 1.45. The second kappa shape index (κ2) is 7.78. The van der Waals surface area contributed by atoms with E-state index in [1.807, 2.05) is 12.1 Å². The lowest BCUT2D eigenvalue weighted by Gasteiger charge is -2.34. The zero-order chi connectivity index (χ0) is 24.5. The molecule has 9 heteroatoms. The SMILES string of the molecule is CC(C)(O)c1ncc(-c2cc3c(cc2F)nc2n3[C@@H](c3ccccc3OC(F)F)[C@H]3CC[C@@H]23)cn1. The lowest BCUT2D eigenvalue weighted by Crippen LogP contribution is -2.25. The van der Waals surface area contributed by atoms with Gasteiger partial charge in [-0.15, -0.1) is 0 Å². The monoisotopic (exact) mass is 480 g/mol. The highest BCUT2D eigenvalue weighted by molar-refractivity contribution is 5.84. The van der Waals surface area contributed by atoms with Crippen molar-refractivity contribution in [1.29, 1.82) is 0 Å². The van der Waals surface area contributed by atoms with Crippen molar-refractivity contribution in [2.75, 3.05) is 0 Å². The van der Waals surface area contributed by atoms with E-state index in [0.29, 0.717) is 27.7 Å². The molecule has 6 rings (SSSR count). The van der Waals surface area contributed by atoms with Gasteiger partial charge in [-0.25, -0.2) is 19.3 Å². The molecule has 0 amide bonds. The number of benzene rings is 2. The molecule has 1 aliphatic carbocycles. The molecule has 0 saturated heterocycles. The van der Waals surface area contributed by atoms with Crippen LogP contribution in [0.4, 0.5) is 13.2 Å². The fraction of sp³-hybridized carbons (Fsp3) is 0.346. The fourth-order valence-electron chi connectivity index (χ4n) is 5.41. The van der Waals surface area contributed by atoms with Gasteiger partial charge in [0.15, 0.2) is 5.82 Å². The van der Waals surface area contributed by atoms with Gasteiger partial charge >= 0.3 is 6.61 Å². The summed E-state index contributed by atoms with van der Waals surface area (Å²) >= 11 is 0. The molecule has 1 saturated carbocycles. The minimum atomic E-state index is -2.93. The second-order valence-corrected chi connectivity index (χ2v) is 9.72. The standard InChI is InChI=1S/C26H23F3N4O2/c1-26(2,34)24-30-11-13(12-31-24)17-9-20-19(10-18(17)27)32-23-15-8-7-14(15)22(33(20)23)16-5-3-4-6-21(16)35-25(28)29/h3-6,9-12,14-15,22,25,34H,7-8H2,1-2H3/t14-,15+,22+/m0/s1. The summed E-state index contributed by atoms with van der Waals surface area (Å²) < 4.78 is 48.4. The van der Waals surface area contributed by atoms with Crippen molar-refractivity contribution in [2.45, 2.75) is 50.9 Å². The first-order valence-corrected chi connectivity index (χ1v) is 11.5. The number of hydrogen-bond acceptors (Lipinski definition) is 5. The van der Waals surface area contributed by atoms with E-state index in [1.165, 1.54) is 18.5 Å². The summed E-state index contributed by atoms with van der Waals surface area (Å²) in [5.74, 6) is 1.17. The Bertz CT molecular complexity index is 1430. The number of fused-ring (bicyclic) bond motifs is 5. The van der Waals surface area contributed by atoms with E-state index >= 15 is 4.39 Å². The maximum atomic E-state index is 15.2. The average Bonchev–Trinajstić information content (AvgIpc) is 3.22. The van der Waals surface area contributed by atoms with Crippen LogP contribution in [0.25, 0.3) is 22.2 Å². The molecule has 2 aromatic heterocycles. The van der Waals surface area contributed by atoms with Crippen LogP contribution in [-0.2, 0) is 5.60 Å². The number of rotatable bonds is 5. The molecule has 1 aliphatic heterocycles. The van der Waals surface area contributed by atoms with Crippen LogP contribution in [0.1, 0.15) is 55.9 Å². The van der Waals surface area contributed by atoms with E-state index in [0.717, 1.165) is 18.7 Å².